The van der Waals surface area contributed by atoms with Crippen LogP contribution in [-0.4, -0.2) is 26.8 Å². The number of aromatic nitrogens is 3. The van der Waals surface area contributed by atoms with Crippen LogP contribution in [0.2, 0.25) is 0 Å². The average Bonchev–Trinajstić information content (AvgIpc) is 3.31. The lowest BCUT2D eigenvalue weighted by Gasteiger charge is -2.17. The molecule has 0 radical (unpaired) electrons. The summed E-state index contributed by atoms with van der Waals surface area (Å²) in [6.45, 7) is 1.96. The van der Waals surface area contributed by atoms with E-state index in [1.807, 2.05) is 55.5 Å². The zero-order valence-corrected chi connectivity index (χ0v) is 13.8. The topological polar surface area (TPSA) is 69.0 Å². The van der Waals surface area contributed by atoms with Crippen molar-refractivity contribution in [3.8, 4) is 11.4 Å². The minimum atomic E-state index is -0.464. The van der Waals surface area contributed by atoms with Gasteiger partial charge in [-0.25, -0.2) is 9.67 Å². The van der Waals surface area contributed by atoms with E-state index in [2.05, 4.69) is 15.4 Å². The first-order valence-corrected chi connectivity index (χ1v) is 8.20. The zero-order chi connectivity index (χ0) is 17.2. The van der Waals surface area contributed by atoms with E-state index in [1.165, 1.54) is 6.33 Å². The molecule has 2 heterocycles. The summed E-state index contributed by atoms with van der Waals surface area (Å²) in [5, 5.41) is 7.13. The highest BCUT2D eigenvalue weighted by Crippen LogP contribution is 2.28. The summed E-state index contributed by atoms with van der Waals surface area (Å²) in [6.07, 6.45) is 3.29. The summed E-state index contributed by atoms with van der Waals surface area (Å²) in [5.41, 5.74) is 3.02. The van der Waals surface area contributed by atoms with E-state index in [-0.39, 0.29) is 11.9 Å². The van der Waals surface area contributed by atoms with Gasteiger partial charge in [-0.2, -0.15) is 5.10 Å². The van der Waals surface area contributed by atoms with E-state index in [4.69, 9.17) is 4.74 Å². The second-order valence-electron chi connectivity index (χ2n) is 6.08. The molecular weight excluding hydrogens is 316 g/mol. The molecule has 126 valence electrons. The Balaban J connectivity index is 1.40. The molecule has 4 rings (SSSR count). The van der Waals surface area contributed by atoms with Gasteiger partial charge in [0, 0.05) is 6.42 Å². The van der Waals surface area contributed by atoms with Crippen LogP contribution < -0.4 is 10.1 Å². The Morgan fingerprint density at radius 2 is 2.04 bits per heavy atom. The minimum absolute atomic E-state index is 0.0935. The highest BCUT2D eigenvalue weighted by atomic mass is 16.5. The Bertz CT molecular complexity index is 850. The van der Waals surface area contributed by atoms with Crippen molar-refractivity contribution in [3.63, 3.8) is 0 Å². The molecular formula is C19H18N4O2. The maximum atomic E-state index is 12.5. The van der Waals surface area contributed by atoms with Crippen LogP contribution in [0.1, 0.15) is 24.1 Å². The van der Waals surface area contributed by atoms with Crippen molar-refractivity contribution in [2.45, 2.75) is 25.5 Å². The van der Waals surface area contributed by atoms with Crippen LogP contribution >= 0.6 is 0 Å². The fourth-order valence-electron chi connectivity index (χ4n) is 2.98. The third kappa shape index (κ3) is 3.10. The van der Waals surface area contributed by atoms with Gasteiger partial charge in [0.25, 0.3) is 5.91 Å². The second-order valence-corrected chi connectivity index (χ2v) is 6.08. The molecule has 2 atom stereocenters. The first kappa shape index (κ1) is 15.4. The van der Waals surface area contributed by atoms with Crippen LogP contribution in [0.4, 0.5) is 0 Å². The summed E-state index contributed by atoms with van der Waals surface area (Å²) in [4.78, 5) is 16.4. The van der Waals surface area contributed by atoms with Crippen molar-refractivity contribution in [2.24, 2.45) is 0 Å². The fourth-order valence-corrected chi connectivity index (χ4v) is 2.98. The third-order valence-electron chi connectivity index (χ3n) is 4.37. The number of hydrogen-bond acceptors (Lipinski definition) is 4. The number of fused-ring (bicyclic) bond motifs is 1. The molecule has 25 heavy (non-hydrogen) atoms. The van der Waals surface area contributed by atoms with Gasteiger partial charge in [-0.15, -0.1) is 0 Å². The van der Waals surface area contributed by atoms with Crippen molar-refractivity contribution in [1.29, 1.82) is 0 Å². The molecule has 1 aromatic heterocycles. The van der Waals surface area contributed by atoms with Crippen molar-refractivity contribution in [2.75, 3.05) is 0 Å². The number of benzene rings is 2. The summed E-state index contributed by atoms with van der Waals surface area (Å²) in [6, 6.07) is 15.5. The van der Waals surface area contributed by atoms with Gasteiger partial charge in [0.05, 0.1) is 11.7 Å². The minimum Gasteiger partial charge on any atom is -0.480 e. The fraction of sp³-hybridized carbons (Fsp3) is 0.211. The van der Waals surface area contributed by atoms with Crippen LogP contribution in [0, 0.1) is 0 Å². The predicted octanol–water partition coefficient (Wildman–Crippen LogP) is 2.45. The molecule has 1 amide bonds. The number of para-hydroxylation sites is 1. The van der Waals surface area contributed by atoms with Crippen molar-refractivity contribution in [3.05, 3.63) is 72.3 Å². The standard InChI is InChI=1S/C19H18N4O2/c1-13(14-6-8-16(9-7-14)23-12-20-11-21-23)22-19(24)18-10-15-4-2-3-5-17(15)25-18/h2-9,11-13,18H,10H2,1H3,(H,22,24)/t13-,18+/m1/s1. The number of carbonyl (C=O) groups excluding carboxylic acids is 1. The molecule has 6 heteroatoms. The van der Waals surface area contributed by atoms with Gasteiger partial charge in [0.1, 0.15) is 18.4 Å². The van der Waals surface area contributed by atoms with E-state index in [0.29, 0.717) is 6.42 Å². The number of ether oxygens (including phenoxy) is 1. The second kappa shape index (κ2) is 6.39. The number of hydrogen-bond donors (Lipinski definition) is 1. The normalized spacial score (nSPS) is 16.8. The summed E-state index contributed by atoms with van der Waals surface area (Å²) >= 11 is 0. The number of nitrogens with zero attached hydrogens (tertiary/aromatic N) is 3. The van der Waals surface area contributed by atoms with Gasteiger partial charge >= 0.3 is 0 Å². The Labute approximate surface area is 145 Å². The highest BCUT2D eigenvalue weighted by molar-refractivity contribution is 5.82. The molecule has 0 saturated carbocycles. The van der Waals surface area contributed by atoms with Crippen LogP contribution in [0.3, 0.4) is 0 Å². The first-order valence-electron chi connectivity index (χ1n) is 8.20. The first-order chi connectivity index (χ1) is 12.2. The molecule has 1 aliphatic rings. The van der Waals surface area contributed by atoms with E-state index in [0.717, 1.165) is 22.6 Å². The maximum Gasteiger partial charge on any atom is 0.261 e. The van der Waals surface area contributed by atoms with E-state index >= 15 is 0 Å². The molecule has 3 aromatic rings. The van der Waals surface area contributed by atoms with Gasteiger partial charge in [0.15, 0.2) is 6.10 Å². The third-order valence-corrected chi connectivity index (χ3v) is 4.37. The predicted molar refractivity (Wildman–Crippen MR) is 92.5 cm³/mol. The Hall–Kier alpha value is -3.15. The van der Waals surface area contributed by atoms with Gasteiger partial charge in [-0.05, 0) is 36.2 Å². The monoisotopic (exact) mass is 334 g/mol. The highest BCUT2D eigenvalue weighted by Gasteiger charge is 2.29. The molecule has 0 spiro atoms. The lowest BCUT2D eigenvalue weighted by molar-refractivity contribution is -0.127. The molecule has 0 unspecified atom stereocenters. The Morgan fingerprint density at radius 3 is 2.76 bits per heavy atom. The number of nitrogens with one attached hydrogen (secondary N) is 1. The van der Waals surface area contributed by atoms with E-state index < -0.39 is 6.10 Å². The number of amides is 1. The number of rotatable bonds is 4. The summed E-state index contributed by atoms with van der Waals surface area (Å²) in [5.74, 6) is 0.705. The molecule has 6 nitrogen and oxygen atoms in total. The van der Waals surface area contributed by atoms with Gasteiger partial charge in [0.2, 0.25) is 0 Å². The van der Waals surface area contributed by atoms with Crippen LogP contribution in [-0.2, 0) is 11.2 Å². The van der Waals surface area contributed by atoms with Crippen LogP contribution in [0.15, 0.2) is 61.2 Å². The van der Waals surface area contributed by atoms with Crippen molar-refractivity contribution < 1.29 is 9.53 Å². The molecule has 0 fully saturated rings. The average molecular weight is 334 g/mol. The van der Waals surface area contributed by atoms with Crippen LogP contribution in [0.25, 0.3) is 5.69 Å². The lowest BCUT2D eigenvalue weighted by Crippen LogP contribution is -2.38. The zero-order valence-electron chi connectivity index (χ0n) is 13.8. The van der Waals surface area contributed by atoms with Crippen molar-refractivity contribution in [1.82, 2.24) is 20.1 Å². The summed E-state index contributed by atoms with van der Waals surface area (Å²) in [7, 11) is 0. The lowest BCUT2D eigenvalue weighted by atomic mass is 10.1. The summed E-state index contributed by atoms with van der Waals surface area (Å²) < 4.78 is 7.43. The van der Waals surface area contributed by atoms with Gasteiger partial charge in [-0.3, -0.25) is 4.79 Å². The Morgan fingerprint density at radius 1 is 1.24 bits per heavy atom. The van der Waals surface area contributed by atoms with E-state index in [9.17, 15) is 4.79 Å². The molecule has 0 bridgehead atoms. The quantitative estimate of drug-likeness (QED) is 0.796. The molecule has 0 saturated heterocycles. The molecule has 0 aliphatic carbocycles. The molecule has 2 aromatic carbocycles. The SMILES string of the molecule is C[C@@H](NC(=O)[C@@H]1Cc2ccccc2O1)c1ccc(-n2cncn2)cc1. The molecule has 1 aliphatic heterocycles. The Kier molecular flexibility index (Phi) is 3.93. The maximum absolute atomic E-state index is 12.5. The largest absolute Gasteiger partial charge is 0.480 e. The molecule has 1 N–H and O–H groups in total. The van der Waals surface area contributed by atoms with Gasteiger partial charge in [-0.1, -0.05) is 30.3 Å². The van der Waals surface area contributed by atoms with Gasteiger partial charge < -0.3 is 10.1 Å². The smallest absolute Gasteiger partial charge is 0.261 e. The van der Waals surface area contributed by atoms with E-state index in [1.54, 1.807) is 11.0 Å². The van der Waals surface area contributed by atoms with Crippen LogP contribution in [0.5, 0.6) is 5.75 Å². The number of carbonyl (C=O) groups is 1. The van der Waals surface area contributed by atoms with Crippen molar-refractivity contribution >= 4 is 5.91 Å².